The first kappa shape index (κ1) is 14.6. The van der Waals surface area contributed by atoms with Crippen molar-refractivity contribution in [3.8, 4) is 5.75 Å². The Balaban J connectivity index is 3.06. The van der Waals surface area contributed by atoms with E-state index in [0.29, 0.717) is 11.7 Å². The van der Waals surface area contributed by atoms with E-state index in [0.717, 1.165) is 22.9 Å². The standard InChI is InChI=1S/C15H23BrO/c1-10(2)6-7-11-8-12(15(3,4)5)13(16)9-14(11)17/h8-10,17H,6-7H2,1-5H3. The van der Waals surface area contributed by atoms with Crippen LogP contribution in [0.3, 0.4) is 0 Å². The van der Waals surface area contributed by atoms with Crippen molar-refractivity contribution in [3.05, 3.63) is 27.7 Å². The number of hydrogen-bond donors (Lipinski definition) is 1. The first-order chi connectivity index (χ1) is 7.71. The average molecular weight is 299 g/mol. The highest BCUT2D eigenvalue weighted by Gasteiger charge is 2.19. The second-order valence-corrected chi connectivity index (χ2v) is 7.00. The summed E-state index contributed by atoms with van der Waals surface area (Å²) in [4.78, 5) is 0. The largest absolute Gasteiger partial charge is 0.508 e. The number of hydrogen-bond acceptors (Lipinski definition) is 1. The summed E-state index contributed by atoms with van der Waals surface area (Å²) in [5.41, 5.74) is 2.42. The average Bonchev–Trinajstić information content (AvgIpc) is 2.13. The van der Waals surface area contributed by atoms with Gasteiger partial charge in [0.1, 0.15) is 5.75 Å². The van der Waals surface area contributed by atoms with Gasteiger partial charge >= 0.3 is 0 Å². The summed E-state index contributed by atoms with van der Waals surface area (Å²) in [6, 6.07) is 3.97. The Bertz CT molecular complexity index is 389. The fourth-order valence-electron chi connectivity index (χ4n) is 1.83. The minimum absolute atomic E-state index is 0.0963. The van der Waals surface area contributed by atoms with Crippen molar-refractivity contribution in [1.29, 1.82) is 0 Å². The molecule has 0 radical (unpaired) electrons. The Labute approximate surface area is 113 Å². The van der Waals surface area contributed by atoms with Crippen LogP contribution in [0.15, 0.2) is 16.6 Å². The number of phenolic OH excluding ortho intramolecular Hbond substituents is 1. The van der Waals surface area contributed by atoms with Gasteiger partial charge in [-0.05, 0) is 41.4 Å². The lowest BCUT2D eigenvalue weighted by atomic mass is 9.85. The molecule has 1 N–H and O–H groups in total. The SMILES string of the molecule is CC(C)CCc1cc(C(C)(C)C)c(Br)cc1O. The van der Waals surface area contributed by atoms with Crippen LogP contribution in [0, 0.1) is 5.92 Å². The summed E-state index contributed by atoms with van der Waals surface area (Å²) < 4.78 is 0.996. The molecule has 0 amide bonds. The van der Waals surface area contributed by atoms with Crippen LogP contribution in [0.1, 0.15) is 52.2 Å². The molecule has 0 aromatic heterocycles. The maximum absolute atomic E-state index is 9.96. The Hall–Kier alpha value is -0.500. The van der Waals surface area contributed by atoms with Crippen LogP contribution in [-0.4, -0.2) is 5.11 Å². The van der Waals surface area contributed by atoms with Gasteiger partial charge in [0.05, 0.1) is 0 Å². The van der Waals surface area contributed by atoms with Gasteiger partial charge in [-0.25, -0.2) is 0 Å². The molecular formula is C15H23BrO. The Morgan fingerprint density at radius 2 is 1.82 bits per heavy atom. The second kappa shape index (κ2) is 5.43. The van der Waals surface area contributed by atoms with Gasteiger partial charge < -0.3 is 5.11 Å². The predicted molar refractivity (Wildman–Crippen MR) is 77.7 cm³/mol. The quantitative estimate of drug-likeness (QED) is 0.829. The van der Waals surface area contributed by atoms with Crippen molar-refractivity contribution in [2.45, 2.75) is 52.9 Å². The fourth-order valence-corrected chi connectivity index (χ4v) is 2.75. The molecule has 0 aliphatic rings. The molecule has 96 valence electrons. The lowest BCUT2D eigenvalue weighted by molar-refractivity contribution is 0.461. The van der Waals surface area contributed by atoms with E-state index >= 15 is 0 Å². The normalized spacial score (nSPS) is 12.2. The summed E-state index contributed by atoms with van der Waals surface area (Å²) in [7, 11) is 0. The van der Waals surface area contributed by atoms with E-state index in [9.17, 15) is 5.11 Å². The highest BCUT2D eigenvalue weighted by atomic mass is 79.9. The first-order valence-electron chi connectivity index (χ1n) is 6.23. The zero-order valence-electron chi connectivity index (χ0n) is 11.5. The van der Waals surface area contributed by atoms with Gasteiger partial charge in [0.15, 0.2) is 0 Å². The van der Waals surface area contributed by atoms with E-state index in [-0.39, 0.29) is 5.41 Å². The summed E-state index contributed by atoms with van der Waals surface area (Å²) in [5, 5.41) is 9.96. The predicted octanol–water partition coefficient (Wildman–Crippen LogP) is 5.04. The van der Waals surface area contributed by atoms with Crippen molar-refractivity contribution in [2.75, 3.05) is 0 Å². The smallest absolute Gasteiger partial charge is 0.119 e. The maximum atomic E-state index is 9.96. The number of rotatable bonds is 3. The molecule has 0 spiro atoms. The van der Waals surface area contributed by atoms with E-state index in [4.69, 9.17) is 0 Å². The molecule has 0 aliphatic carbocycles. The Kier molecular flexibility index (Phi) is 4.65. The van der Waals surface area contributed by atoms with Crippen LogP contribution in [0.5, 0.6) is 5.75 Å². The van der Waals surface area contributed by atoms with Crippen LogP contribution in [0.4, 0.5) is 0 Å². The number of phenols is 1. The second-order valence-electron chi connectivity index (χ2n) is 6.14. The van der Waals surface area contributed by atoms with Gasteiger partial charge in [0, 0.05) is 4.47 Å². The molecule has 1 aromatic rings. The number of halogens is 1. The molecule has 17 heavy (non-hydrogen) atoms. The Morgan fingerprint density at radius 3 is 2.29 bits per heavy atom. The minimum Gasteiger partial charge on any atom is -0.508 e. The summed E-state index contributed by atoms with van der Waals surface area (Å²) in [6.45, 7) is 11.0. The van der Waals surface area contributed by atoms with Gasteiger partial charge in [-0.1, -0.05) is 56.6 Å². The molecule has 0 atom stereocenters. The van der Waals surface area contributed by atoms with Crippen LogP contribution >= 0.6 is 15.9 Å². The van der Waals surface area contributed by atoms with Gasteiger partial charge in [-0.15, -0.1) is 0 Å². The van der Waals surface area contributed by atoms with Crippen molar-refractivity contribution < 1.29 is 5.11 Å². The van der Waals surface area contributed by atoms with Crippen LogP contribution in [-0.2, 0) is 11.8 Å². The maximum Gasteiger partial charge on any atom is 0.119 e. The van der Waals surface area contributed by atoms with Crippen molar-refractivity contribution in [3.63, 3.8) is 0 Å². The molecule has 0 unspecified atom stereocenters. The van der Waals surface area contributed by atoms with Crippen molar-refractivity contribution in [1.82, 2.24) is 0 Å². The highest BCUT2D eigenvalue weighted by molar-refractivity contribution is 9.10. The molecule has 1 nitrogen and oxygen atoms in total. The zero-order chi connectivity index (χ0) is 13.2. The molecule has 1 aromatic carbocycles. The molecule has 0 aliphatic heterocycles. The lowest BCUT2D eigenvalue weighted by Gasteiger charge is -2.22. The van der Waals surface area contributed by atoms with Gasteiger partial charge in [0.2, 0.25) is 0 Å². The van der Waals surface area contributed by atoms with Gasteiger partial charge in [-0.2, -0.15) is 0 Å². The molecule has 1 rings (SSSR count). The number of aromatic hydroxyl groups is 1. The van der Waals surface area contributed by atoms with Gasteiger partial charge in [0.25, 0.3) is 0 Å². The molecule has 0 bridgehead atoms. The zero-order valence-corrected chi connectivity index (χ0v) is 13.1. The summed E-state index contributed by atoms with van der Waals surface area (Å²) in [6.07, 6.45) is 2.05. The van der Waals surface area contributed by atoms with Crippen LogP contribution < -0.4 is 0 Å². The van der Waals surface area contributed by atoms with Crippen molar-refractivity contribution >= 4 is 15.9 Å². The highest BCUT2D eigenvalue weighted by Crippen LogP contribution is 2.35. The van der Waals surface area contributed by atoms with E-state index in [2.05, 4.69) is 56.6 Å². The third-order valence-corrected chi connectivity index (χ3v) is 3.62. The van der Waals surface area contributed by atoms with Crippen LogP contribution in [0.2, 0.25) is 0 Å². The molecular weight excluding hydrogens is 276 g/mol. The summed E-state index contributed by atoms with van der Waals surface area (Å²) >= 11 is 3.54. The van der Waals surface area contributed by atoms with Crippen molar-refractivity contribution in [2.24, 2.45) is 5.92 Å². The van der Waals surface area contributed by atoms with E-state index in [1.165, 1.54) is 5.56 Å². The third-order valence-electron chi connectivity index (χ3n) is 2.97. The first-order valence-corrected chi connectivity index (χ1v) is 7.03. The van der Waals surface area contributed by atoms with Gasteiger partial charge in [-0.3, -0.25) is 0 Å². The number of aryl methyl sites for hydroxylation is 1. The van der Waals surface area contributed by atoms with E-state index < -0.39 is 0 Å². The fraction of sp³-hybridized carbons (Fsp3) is 0.600. The topological polar surface area (TPSA) is 20.2 Å². The summed E-state index contributed by atoms with van der Waals surface area (Å²) in [5.74, 6) is 1.07. The van der Waals surface area contributed by atoms with Crippen LogP contribution in [0.25, 0.3) is 0 Å². The van der Waals surface area contributed by atoms with E-state index in [1.807, 2.05) is 6.07 Å². The Morgan fingerprint density at radius 1 is 1.24 bits per heavy atom. The van der Waals surface area contributed by atoms with E-state index in [1.54, 1.807) is 0 Å². The molecule has 2 heteroatoms. The molecule has 0 heterocycles. The molecule has 0 saturated carbocycles. The monoisotopic (exact) mass is 298 g/mol. The third kappa shape index (κ3) is 4.02. The molecule has 0 saturated heterocycles. The minimum atomic E-state index is 0.0963. The lowest BCUT2D eigenvalue weighted by Crippen LogP contribution is -2.12. The molecule has 0 fully saturated rings. The number of benzene rings is 1.